The highest BCUT2D eigenvalue weighted by atomic mass is 16.5. The molecule has 9 heteroatoms. The van der Waals surface area contributed by atoms with E-state index in [1.54, 1.807) is 26.4 Å². The van der Waals surface area contributed by atoms with E-state index in [0.29, 0.717) is 40.6 Å². The third kappa shape index (κ3) is 5.20. The summed E-state index contributed by atoms with van der Waals surface area (Å²) < 4.78 is 21.9. The van der Waals surface area contributed by atoms with Gasteiger partial charge in [0.1, 0.15) is 0 Å². The predicted molar refractivity (Wildman–Crippen MR) is 123 cm³/mol. The predicted octanol–water partition coefficient (Wildman–Crippen LogP) is 4.74. The van der Waals surface area contributed by atoms with E-state index in [0.717, 1.165) is 17.8 Å². The molecule has 0 fully saturated rings. The van der Waals surface area contributed by atoms with E-state index >= 15 is 0 Å². The number of rotatable bonds is 9. The molecule has 0 aliphatic carbocycles. The monoisotopic (exact) mass is 447 g/mol. The standard InChI is InChI=1S/C24H25N5O4/c1-5-16-8-6-9-17(13-16)26-24-25-15(2)12-20(28-24)32-14-21-27-23(29-33-21)18-10-7-11-19(30-3)22(18)31-4/h6-13H,5,14H2,1-4H3,(H,25,26,28). The fraction of sp³-hybridized carbons (Fsp3) is 0.250. The minimum Gasteiger partial charge on any atom is -0.493 e. The zero-order valence-electron chi connectivity index (χ0n) is 19.0. The third-order valence-corrected chi connectivity index (χ3v) is 4.88. The minimum absolute atomic E-state index is 0.0560. The van der Waals surface area contributed by atoms with E-state index in [2.05, 4.69) is 44.5 Å². The molecular formula is C24H25N5O4. The normalized spacial score (nSPS) is 10.7. The van der Waals surface area contributed by atoms with Crippen molar-refractivity contribution >= 4 is 11.6 Å². The number of aromatic nitrogens is 4. The number of ether oxygens (including phenoxy) is 3. The lowest BCUT2D eigenvalue weighted by molar-refractivity contribution is 0.235. The Labute approximate surface area is 191 Å². The number of para-hydroxylation sites is 1. The largest absolute Gasteiger partial charge is 0.493 e. The molecular weight excluding hydrogens is 422 g/mol. The van der Waals surface area contributed by atoms with Gasteiger partial charge in [-0.3, -0.25) is 0 Å². The van der Waals surface area contributed by atoms with Crippen LogP contribution in [0.2, 0.25) is 0 Å². The SMILES string of the molecule is CCc1cccc(Nc2nc(C)cc(OCc3nc(-c4cccc(OC)c4OC)no3)n2)c1. The lowest BCUT2D eigenvalue weighted by Crippen LogP contribution is -2.03. The second-order valence-electron chi connectivity index (χ2n) is 7.19. The van der Waals surface area contributed by atoms with Crippen molar-refractivity contribution in [2.24, 2.45) is 0 Å². The zero-order chi connectivity index (χ0) is 23.2. The van der Waals surface area contributed by atoms with Gasteiger partial charge in [0.25, 0.3) is 5.89 Å². The Morgan fingerprint density at radius 2 is 1.82 bits per heavy atom. The van der Waals surface area contributed by atoms with E-state index in [9.17, 15) is 0 Å². The maximum absolute atomic E-state index is 5.80. The summed E-state index contributed by atoms with van der Waals surface area (Å²) in [4.78, 5) is 13.3. The van der Waals surface area contributed by atoms with Crippen LogP contribution < -0.4 is 19.5 Å². The molecule has 33 heavy (non-hydrogen) atoms. The summed E-state index contributed by atoms with van der Waals surface area (Å²) in [5.41, 5.74) is 3.57. The number of methoxy groups -OCH3 is 2. The van der Waals surface area contributed by atoms with Crippen molar-refractivity contribution in [3.05, 3.63) is 65.7 Å². The van der Waals surface area contributed by atoms with Crippen molar-refractivity contribution in [3.8, 4) is 28.8 Å². The molecule has 0 spiro atoms. The van der Waals surface area contributed by atoms with Crippen molar-refractivity contribution in [2.75, 3.05) is 19.5 Å². The Bertz CT molecular complexity index is 1240. The van der Waals surface area contributed by atoms with Gasteiger partial charge in [-0.05, 0) is 43.2 Å². The van der Waals surface area contributed by atoms with E-state index in [-0.39, 0.29) is 6.61 Å². The van der Waals surface area contributed by atoms with E-state index in [1.165, 1.54) is 5.56 Å². The highest BCUT2D eigenvalue weighted by Gasteiger charge is 2.17. The van der Waals surface area contributed by atoms with Crippen LogP contribution in [0.25, 0.3) is 11.4 Å². The Morgan fingerprint density at radius 1 is 0.970 bits per heavy atom. The third-order valence-electron chi connectivity index (χ3n) is 4.88. The van der Waals surface area contributed by atoms with Gasteiger partial charge in [0.05, 0.1) is 19.8 Å². The summed E-state index contributed by atoms with van der Waals surface area (Å²) in [5, 5.41) is 7.27. The van der Waals surface area contributed by atoms with Crippen LogP contribution in [-0.4, -0.2) is 34.3 Å². The number of aryl methyl sites for hydroxylation is 2. The number of hydrogen-bond acceptors (Lipinski definition) is 9. The summed E-state index contributed by atoms with van der Waals surface area (Å²) in [6.07, 6.45) is 0.951. The Morgan fingerprint density at radius 3 is 2.61 bits per heavy atom. The lowest BCUT2D eigenvalue weighted by Gasteiger charge is -2.10. The van der Waals surface area contributed by atoms with E-state index in [4.69, 9.17) is 18.7 Å². The molecule has 0 amide bonds. The van der Waals surface area contributed by atoms with Crippen molar-refractivity contribution in [2.45, 2.75) is 26.9 Å². The van der Waals surface area contributed by atoms with Crippen LogP contribution in [0, 0.1) is 6.92 Å². The number of benzene rings is 2. The maximum Gasteiger partial charge on any atom is 0.264 e. The van der Waals surface area contributed by atoms with Gasteiger partial charge < -0.3 is 24.1 Å². The Balaban J connectivity index is 1.48. The number of nitrogens with one attached hydrogen (secondary N) is 1. The molecule has 2 heterocycles. The number of hydrogen-bond donors (Lipinski definition) is 1. The molecule has 1 N–H and O–H groups in total. The minimum atomic E-state index is 0.0560. The van der Waals surface area contributed by atoms with Crippen LogP contribution in [-0.2, 0) is 13.0 Å². The first kappa shape index (κ1) is 22.1. The summed E-state index contributed by atoms with van der Waals surface area (Å²) >= 11 is 0. The van der Waals surface area contributed by atoms with Gasteiger partial charge in [0.15, 0.2) is 18.1 Å². The molecule has 0 saturated carbocycles. The second-order valence-corrected chi connectivity index (χ2v) is 7.19. The summed E-state index contributed by atoms with van der Waals surface area (Å²) in [7, 11) is 3.14. The average Bonchev–Trinajstić information content (AvgIpc) is 3.31. The first-order valence-electron chi connectivity index (χ1n) is 10.5. The van der Waals surface area contributed by atoms with Crippen LogP contribution in [0.3, 0.4) is 0 Å². The molecule has 0 atom stereocenters. The average molecular weight is 447 g/mol. The van der Waals surface area contributed by atoms with E-state index < -0.39 is 0 Å². The van der Waals surface area contributed by atoms with Crippen LogP contribution >= 0.6 is 0 Å². The molecule has 0 aliphatic rings. The number of nitrogens with zero attached hydrogens (tertiary/aromatic N) is 4. The molecule has 0 bridgehead atoms. The van der Waals surface area contributed by atoms with Gasteiger partial charge >= 0.3 is 0 Å². The van der Waals surface area contributed by atoms with Crippen molar-refractivity contribution < 1.29 is 18.7 Å². The first-order valence-corrected chi connectivity index (χ1v) is 10.5. The molecule has 0 saturated heterocycles. The highest BCUT2D eigenvalue weighted by molar-refractivity contribution is 5.68. The molecule has 0 radical (unpaired) electrons. The van der Waals surface area contributed by atoms with Gasteiger partial charge in [-0.25, -0.2) is 4.98 Å². The van der Waals surface area contributed by atoms with Crippen LogP contribution in [0.1, 0.15) is 24.1 Å². The Hall–Kier alpha value is -4.14. The topological polar surface area (TPSA) is 104 Å². The van der Waals surface area contributed by atoms with Crippen LogP contribution in [0.4, 0.5) is 11.6 Å². The summed E-state index contributed by atoms with van der Waals surface area (Å²) in [6.45, 7) is 4.05. The van der Waals surface area contributed by atoms with Crippen LogP contribution in [0.5, 0.6) is 17.4 Å². The summed E-state index contributed by atoms with van der Waals surface area (Å²) in [6, 6.07) is 15.3. The van der Waals surface area contributed by atoms with Gasteiger partial charge in [0, 0.05) is 17.4 Å². The van der Waals surface area contributed by atoms with Gasteiger partial charge in [-0.1, -0.05) is 30.3 Å². The molecule has 4 aromatic rings. The van der Waals surface area contributed by atoms with Crippen LogP contribution in [0.15, 0.2) is 53.1 Å². The fourth-order valence-electron chi connectivity index (χ4n) is 3.29. The quantitative estimate of drug-likeness (QED) is 0.389. The van der Waals surface area contributed by atoms with Gasteiger partial charge in [-0.2, -0.15) is 9.97 Å². The van der Waals surface area contributed by atoms with Crippen molar-refractivity contribution in [1.29, 1.82) is 0 Å². The number of anilines is 2. The molecule has 2 aromatic heterocycles. The molecule has 0 unspecified atom stereocenters. The molecule has 2 aromatic carbocycles. The molecule has 0 aliphatic heterocycles. The van der Waals surface area contributed by atoms with Gasteiger partial charge in [0.2, 0.25) is 17.7 Å². The van der Waals surface area contributed by atoms with Gasteiger partial charge in [-0.15, -0.1) is 0 Å². The fourth-order valence-corrected chi connectivity index (χ4v) is 3.29. The molecule has 170 valence electrons. The van der Waals surface area contributed by atoms with Crippen molar-refractivity contribution in [3.63, 3.8) is 0 Å². The smallest absolute Gasteiger partial charge is 0.264 e. The van der Waals surface area contributed by atoms with Crippen molar-refractivity contribution in [1.82, 2.24) is 20.1 Å². The lowest BCUT2D eigenvalue weighted by atomic mass is 10.1. The Kier molecular flexibility index (Phi) is 6.68. The second kappa shape index (κ2) is 9.99. The molecule has 4 rings (SSSR count). The van der Waals surface area contributed by atoms with E-state index in [1.807, 2.05) is 31.2 Å². The highest BCUT2D eigenvalue weighted by Crippen LogP contribution is 2.36. The first-order chi connectivity index (χ1) is 16.1. The zero-order valence-corrected chi connectivity index (χ0v) is 19.0. The molecule has 9 nitrogen and oxygen atoms in total. The maximum atomic E-state index is 5.80. The summed E-state index contributed by atoms with van der Waals surface area (Å²) in [5.74, 6) is 2.64.